The molecule has 0 radical (unpaired) electrons. The van der Waals surface area contributed by atoms with E-state index in [1.165, 1.54) is 0 Å². The van der Waals surface area contributed by atoms with Gasteiger partial charge in [-0.05, 0) is 50.2 Å². The number of hydrogen-bond acceptors (Lipinski definition) is 6. The smallest absolute Gasteiger partial charge is 0.263 e. The summed E-state index contributed by atoms with van der Waals surface area (Å²) < 4.78 is 6.76. The first-order chi connectivity index (χ1) is 16.4. The molecule has 34 heavy (non-hydrogen) atoms. The number of ether oxygens (including phenoxy) is 1. The van der Waals surface area contributed by atoms with Gasteiger partial charge in [0.05, 0.1) is 17.8 Å². The third-order valence-electron chi connectivity index (χ3n) is 6.39. The van der Waals surface area contributed by atoms with E-state index in [1.54, 1.807) is 48.0 Å². The fourth-order valence-electron chi connectivity index (χ4n) is 4.41. The summed E-state index contributed by atoms with van der Waals surface area (Å²) >= 11 is 0. The molecule has 1 fully saturated rings. The van der Waals surface area contributed by atoms with Crippen LogP contribution in [0.3, 0.4) is 0 Å². The van der Waals surface area contributed by atoms with E-state index in [2.05, 4.69) is 28.7 Å². The average Bonchev–Trinajstić information content (AvgIpc) is 2.86. The molecule has 0 saturated carbocycles. The third-order valence-corrected chi connectivity index (χ3v) is 6.39. The van der Waals surface area contributed by atoms with Crippen molar-refractivity contribution in [1.82, 2.24) is 14.5 Å². The standard InChI is InChI=1S/C26H29N5O3/c1-27-20-9-5-19(6-10-20)24-23(18-7-11-22(12-8-18)34-17-32)25(33)30(4)26(28-24)31-15-13-21(14-16-31)29(2)3/h5-12,21,32H,13-17H2,2-4H3. The van der Waals surface area contributed by atoms with Gasteiger partial charge in [-0.1, -0.05) is 36.4 Å². The molecular formula is C26H29N5O3. The van der Waals surface area contributed by atoms with Crippen molar-refractivity contribution < 1.29 is 9.84 Å². The lowest BCUT2D eigenvalue weighted by Gasteiger charge is -2.36. The van der Waals surface area contributed by atoms with Crippen molar-refractivity contribution >= 4 is 11.6 Å². The predicted molar refractivity (Wildman–Crippen MR) is 133 cm³/mol. The van der Waals surface area contributed by atoms with Gasteiger partial charge in [0, 0.05) is 26.2 Å². The Kier molecular flexibility index (Phi) is 6.96. The van der Waals surface area contributed by atoms with Crippen LogP contribution in [0.1, 0.15) is 12.8 Å². The highest BCUT2D eigenvalue weighted by Crippen LogP contribution is 2.32. The Bertz CT molecular complexity index is 1240. The van der Waals surface area contributed by atoms with Crippen LogP contribution in [0.2, 0.25) is 0 Å². The van der Waals surface area contributed by atoms with Gasteiger partial charge in [0.25, 0.3) is 5.56 Å². The molecule has 1 saturated heterocycles. The van der Waals surface area contributed by atoms with E-state index in [9.17, 15) is 4.79 Å². The van der Waals surface area contributed by atoms with Crippen LogP contribution in [0.4, 0.5) is 11.6 Å². The second-order valence-electron chi connectivity index (χ2n) is 8.64. The second kappa shape index (κ2) is 10.1. The largest absolute Gasteiger partial charge is 0.468 e. The molecule has 0 bridgehead atoms. The van der Waals surface area contributed by atoms with Crippen LogP contribution in [0.5, 0.6) is 5.75 Å². The predicted octanol–water partition coefficient (Wildman–Crippen LogP) is 3.52. The first-order valence-corrected chi connectivity index (χ1v) is 11.3. The van der Waals surface area contributed by atoms with Crippen LogP contribution < -0.4 is 15.2 Å². The number of aliphatic hydroxyl groups excluding tert-OH is 1. The lowest BCUT2D eigenvalue weighted by molar-refractivity contribution is 0.0985. The third kappa shape index (κ3) is 4.67. The van der Waals surface area contributed by atoms with Crippen LogP contribution >= 0.6 is 0 Å². The highest BCUT2D eigenvalue weighted by Gasteiger charge is 2.26. The van der Waals surface area contributed by atoms with Crippen molar-refractivity contribution in [2.45, 2.75) is 18.9 Å². The van der Waals surface area contributed by atoms with Crippen molar-refractivity contribution in [3.63, 3.8) is 0 Å². The lowest BCUT2D eigenvalue weighted by atomic mass is 10.00. The minimum absolute atomic E-state index is 0.139. The van der Waals surface area contributed by atoms with Gasteiger partial charge in [-0.2, -0.15) is 0 Å². The first-order valence-electron chi connectivity index (χ1n) is 11.3. The zero-order valence-corrected chi connectivity index (χ0v) is 19.7. The molecule has 2 aromatic carbocycles. The molecule has 8 heteroatoms. The molecule has 0 amide bonds. The molecular weight excluding hydrogens is 430 g/mol. The second-order valence-corrected chi connectivity index (χ2v) is 8.64. The number of anilines is 1. The van der Waals surface area contributed by atoms with Crippen LogP contribution in [0.15, 0.2) is 53.3 Å². The van der Waals surface area contributed by atoms with Gasteiger partial charge in [0.15, 0.2) is 12.5 Å². The molecule has 8 nitrogen and oxygen atoms in total. The Hall–Kier alpha value is -3.67. The topological polar surface area (TPSA) is 75.2 Å². The highest BCUT2D eigenvalue weighted by atomic mass is 16.6. The molecule has 2 heterocycles. The van der Waals surface area contributed by atoms with E-state index < -0.39 is 6.79 Å². The van der Waals surface area contributed by atoms with Crippen molar-refractivity contribution in [2.24, 2.45) is 7.05 Å². The van der Waals surface area contributed by atoms with Gasteiger partial charge < -0.3 is 19.6 Å². The van der Waals surface area contributed by atoms with Crippen LogP contribution in [0, 0.1) is 6.57 Å². The fourth-order valence-corrected chi connectivity index (χ4v) is 4.41. The summed E-state index contributed by atoms with van der Waals surface area (Å²) in [6.45, 7) is 8.48. The average molecular weight is 460 g/mol. The number of hydrogen-bond donors (Lipinski definition) is 1. The minimum atomic E-state index is -0.416. The molecule has 0 unspecified atom stereocenters. The van der Waals surface area contributed by atoms with Crippen molar-refractivity contribution in [2.75, 3.05) is 38.9 Å². The maximum atomic E-state index is 13.7. The van der Waals surface area contributed by atoms with Gasteiger partial charge in [-0.25, -0.2) is 9.83 Å². The molecule has 176 valence electrons. The molecule has 0 aliphatic carbocycles. The summed E-state index contributed by atoms with van der Waals surface area (Å²) in [6.07, 6.45) is 2.01. The maximum Gasteiger partial charge on any atom is 0.263 e. The Balaban J connectivity index is 1.83. The normalized spacial score (nSPS) is 14.3. The lowest BCUT2D eigenvalue weighted by Crippen LogP contribution is -2.44. The summed E-state index contributed by atoms with van der Waals surface area (Å²) in [5, 5.41) is 9.01. The zero-order valence-electron chi connectivity index (χ0n) is 19.7. The zero-order chi connectivity index (χ0) is 24.2. The van der Waals surface area contributed by atoms with Gasteiger partial charge in [0.2, 0.25) is 5.95 Å². The summed E-state index contributed by atoms with van der Waals surface area (Å²) in [4.78, 5) is 26.6. The summed E-state index contributed by atoms with van der Waals surface area (Å²) in [5.74, 6) is 1.16. The van der Waals surface area contributed by atoms with E-state index in [0.29, 0.717) is 40.2 Å². The summed E-state index contributed by atoms with van der Waals surface area (Å²) in [5.41, 5.74) is 2.95. The summed E-state index contributed by atoms with van der Waals surface area (Å²) in [7, 11) is 5.97. The monoisotopic (exact) mass is 459 g/mol. The molecule has 3 aromatic rings. The van der Waals surface area contributed by atoms with Gasteiger partial charge in [0.1, 0.15) is 5.75 Å². The number of nitrogens with zero attached hydrogens (tertiary/aromatic N) is 5. The van der Waals surface area contributed by atoms with Crippen LogP contribution in [-0.4, -0.2) is 59.6 Å². The van der Waals surface area contributed by atoms with E-state index in [-0.39, 0.29) is 5.56 Å². The molecule has 0 atom stereocenters. The quantitative estimate of drug-likeness (QED) is 0.449. The Labute approximate surface area is 199 Å². The van der Waals surface area contributed by atoms with E-state index in [1.807, 2.05) is 12.1 Å². The maximum absolute atomic E-state index is 13.7. The van der Waals surface area contributed by atoms with Gasteiger partial charge in [-0.15, -0.1) is 0 Å². The number of aliphatic hydroxyl groups is 1. The molecule has 1 aliphatic heterocycles. The molecule has 1 aromatic heterocycles. The van der Waals surface area contributed by atoms with E-state index >= 15 is 0 Å². The number of rotatable bonds is 6. The van der Waals surface area contributed by atoms with Gasteiger partial charge >= 0.3 is 0 Å². The minimum Gasteiger partial charge on any atom is -0.468 e. The van der Waals surface area contributed by atoms with Crippen molar-refractivity contribution in [3.8, 4) is 28.1 Å². The van der Waals surface area contributed by atoms with Crippen LogP contribution in [0.25, 0.3) is 27.2 Å². The van der Waals surface area contributed by atoms with Gasteiger partial charge in [-0.3, -0.25) is 9.36 Å². The SMILES string of the molecule is [C-]#[N+]c1ccc(-c2nc(N3CCC(N(C)C)CC3)n(C)c(=O)c2-c2ccc(OCO)cc2)cc1. The number of aromatic nitrogens is 2. The fraction of sp³-hybridized carbons (Fsp3) is 0.346. The first kappa shape index (κ1) is 23.5. The molecule has 1 aliphatic rings. The van der Waals surface area contributed by atoms with Crippen LogP contribution in [-0.2, 0) is 7.05 Å². The Morgan fingerprint density at radius 2 is 1.71 bits per heavy atom. The van der Waals surface area contributed by atoms with E-state index in [4.69, 9.17) is 21.4 Å². The molecule has 1 N–H and O–H groups in total. The number of piperidine rings is 1. The summed E-state index contributed by atoms with van der Waals surface area (Å²) in [6, 6.07) is 14.7. The molecule has 4 rings (SSSR count). The van der Waals surface area contributed by atoms with Crippen molar-refractivity contribution in [3.05, 3.63) is 70.3 Å². The number of benzene rings is 2. The Morgan fingerprint density at radius 3 is 2.26 bits per heavy atom. The highest BCUT2D eigenvalue weighted by molar-refractivity contribution is 5.81. The molecule has 0 spiro atoms. The van der Waals surface area contributed by atoms with Crippen molar-refractivity contribution in [1.29, 1.82) is 0 Å². The van der Waals surface area contributed by atoms with E-state index in [0.717, 1.165) is 31.5 Å². The Morgan fingerprint density at radius 1 is 1.09 bits per heavy atom.